The Kier molecular flexibility index (Phi) is 4.12. The van der Waals surface area contributed by atoms with Crippen molar-refractivity contribution < 1.29 is 14.7 Å². The van der Waals surface area contributed by atoms with Crippen LogP contribution in [0.15, 0.2) is 11.5 Å². The summed E-state index contributed by atoms with van der Waals surface area (Å²) in [5.41, 5.74) is -1.10. The van der Waals surface area contributed by atoms with Gasteiger partial charge in [-0.25, -0.2) is 4.79 Å². The number of aromatic nitrogens is 3. The van der Waals surface area contributed by atoms with Crippen molar-refractivity contribution in [3.63, 3.8) is 0 Å². The average molecular weight is 328 g/mol. The molecule has 21 heavy (non-hydrogen) atoms. The van der Waals surface area contributed by atoms with Crippen molar-refractivity contribution in [3.8, 4) is 0 Å². The lowest BCUT2D eigenvalue weighted by atomic mass is 9.99. The van der Waals surface area contributed by atoms with Crippen LogP contribution in [0.2, 0.25) is 0 Å². The number of carboxylic acid groups (broad SMARTS) is 1. The lowest BCUT2D eigenvalue weighted by Gasteiger charge is -2.24. The molecular weight excluding hydrogens is 312 g/mol. The van der Waals surface area contributed by atoms with Crippen molar-refractivity contribution in [1.82, 2.24) is 20.1 Å². The van der Waals surface area contributed by atoms with E-state index in [2.05, 4.69) is 15.5 Å². The summed E-state index contributed by atoms with van der Waals surface area (Å²) < 4.78 is 1.98. The van der Waals surface area contributed by atoms with Crippen molar-refractivity contribution in [3.05, 3.63) is 6.33 Å². The fourth-order valence-corrected chi connectivity index (χ4v) is 4.37. The van der Waals surface area contributed by atoms with Gasteiger partial charge >= 0.3 is 5.97 Å². The molecule has 0 aromatic carbocycles. The highest BCUT2D eigenvalue weighted by Gasteiger charge is 2.43. The molecule has 1 amide bonds. The Morgan fingerprint density at radius 3 is 3.00 bits per heavy atom. The Morgan fingerprint density at radius 1 is 1.57 bits per heavy atom. The molecule has 1 saturated carbocycles. The summed E-state index contributed by atoms with van der Waals surface area (Å²) in [7, 11) is 0. The highest BCUT2D eigenvalue weighted by Crippen LogP contribution is 2.37. The second-order valence-corrected chi connectivity index (χ2v) is 7.33. The van der Waals surface area contributed by atoms with E-state index in [1.54, 1.807) is 18.1 Å². The highest BCUT2D eigenvalue weighted by atomic mass is 32.2. The third-order valence-electron chi connectivity index (χ3n) is 3.62. The standard InChI is InChI=1S/C12H16N4O3S2/c17-9(14-12(10(18)19)3-4-20-6-12)5-21-11-15-13-7-16(11)8-1-2-8/h7-8H,1-6H2,(H,14,17)(H,18,19). The summed E-state index contributed by atoms with van der Waals surface area (Å²) in [4.78, 5) is 23.4. The normalized spacial score (nSPS) is 25.0. The van der Waals surface area contributed by atoms with Crippen LogP contribution in [0.3, 0.4) is 0 Å². The maximum Gasteiger partial charge on any atom is 0.330 e. The van der Waals surface area contributed by atoms with Crippen LogP contribution < -0.4 is 5.32 Å². The monoisotopic (exact) mass is 328 g/mol. The SMILES string of the molecule is O=C(CSc1nncn1C1CC1)NC1(C(=O)O)CCSC1. The predicted octanol–water partition coefficient (Wildman–Crippen LogP) is 0.782. The molecule has 114 valence electrons. The second-order valence-electron chi connectivity index (χ2n) is 5.28. The average Bonchev–Trinajstić information content (AvgIpc) is 3.00. The number of carbonyl (C=O) groups is 2. The minimum absolute atomic E-state index is 0.158. The van der Waals surface area contributed by atoms with Crippen LogP contribution in [0.4, 0.5) is 0 Å². The fraction of sp³-hybridized carbons (Fsp3) is 0.667. The van der Waals surface area contributed by atoms with Gasteiger partial charge in [0.05, 0.1) is 5.75 Å². The quantitative estimate of drug-likeness (QED) is 0.745. The van der Waals surface area contributed by atoms with E-state index in [4.69, 9.17) is 0 Å². The van der Waals surface area contributed by atoms with Gasteiger partial charge in [0.15, 0.2) is 5.16 Å². The van der Waals surface area contributed by atoms with E-state index >= 15 is 0 Å². The zero-order valence-corrected chi connectivity index (χ0v) is 13.0. The van der Waals surface area contributed by atoms with Gasteiger partial charge in [0.1, 0.15) is 11.9 Å². The minimum Gasteiger partial charge on any atom is -0.479 e. The molecule has 3 rings (SSSR count). The van der Waals surface area contributed by atoms with Gasteiger partial charge in [0.2, 0.25) is 5.91 Å². The van der Waals surface area contributed by atoms with Gasteiger partial charge in [-0.05, 0) is 25.0 Å². The molecule has 2 fully saturated rings. The van der Waals surface area contributed by atoms with Gasteiger partial charge in [-0.1, -0.05) is 11.8 Å². The van der Waals surface area contributed by atoms with Gasteiger partial charge < -0.3 is 15.0 Å². The second kappa shape index (κ2) is 5.88. The van der Waals surface area contributed by atoms with Gasteiger partial charge in [0.25, 0.3) is 0 Å². The predicted molar refractivity (Wildman–Crippen MR) is 79.5 cm³/mol. The lowest BCUT2D eigenvalue weighted by Crippen LogP contribution is -2.55. The number of carboxylic acids is 1. The largest absolute Gasteiger partial charge is 0.479 e. The van der Waals surface area contributed by atoms with Crippen LogP contribution in [0.5, 0.6) is 0 Å². The van der Waals surface area contributed by atoms with Gasteiger partial charge in [-0.15, -0.1) is 10.2 Å². The van der Waals surface area contributed by atoms with Crippen LogP contribution >= 0.6 is 23.5 Å². The number of nitrogens with zero attached hydrogens (tertiary/aromatic N) is 3. The van der Waals surface area contributed by atoms with Crippen molar-refractivity contribution in [2.75, 3.05) is 17.3 Å². The summed E-state index contributed by atoms with van der Waals surface area (Å²) in [6.07, 6.45) is 4.40. The van der Waals surface area contributed by atoms with Gasteiger partial charge in [-0.3, -0.25) is 4.79 Å². The third kappa shape index (κ3) is 3.18. The molecule has 1 unspecified atom stereocenters. The molecule has 2 N–H and O–H groups in total. The Hall–Kier alpha value is -1.22. The summed E-state index contributed by atoms with van der Waals surface area (Å²) in [6.45, 7) is 0. The number of carbonyl (C=O) groups excluding carboxylic acids is 1. The number of aliphatic carboxylic acids is 1. The number of thioether (sulfide) groups is 2. The van der Waals surface area contributed by atoms with E-state index in [1.165, 1.54) is 11.8 Å². The molecule has 0 radical (unpaired) electrons. The van der Waals surface area contributed by atoms with E-state index in [1.807, 2.05) is 4.57 Å². The molecule has 0 spiro atoms. The topological polar surface area (TPSA) is 97.1 Å². The molecule has 2 aliphatic rings. The molecule has 1 saturated heterocycles. The molecule has 1 aromatic rings. The Bertz CT molecular complexity index is 552. The molecule has 1 aliphatic heterocycles. The number of nitrogens with one attached hydrogen (secondary N) is 1. The first kappa shape index (κ1) is 14.7. The molecule has 1 aromatic heterocycles. The molecule has 0 bridgehead atoms. The summed E-state index contributed by atoms with van der Waals surface area (Å²) in [5.74, 6) is 0.125. The van der Waals surface area contributed by atoms with Crippen LogP contribution in [-0.2, 0) is 9.59 Å². The maximum absolute atomic E-state index is 12.0. The lowest BCUT2D eigenvalue weighted by molar-refractivity contribution is -0.146. The zero-order chi connectivity index (χ0) is 14.9. The zero-order valence-electron chi connectivity index (χ0n) is 11.3. The molecular formula is C12H16N4O3S2. The number of rotatable bonds is 6. The minimum atomic E-state index is -1.10. The van der Waals surface area contributed by atoms with Crippen LogP contribution in [0.1, 0.15) is 25.3 Å². The first-order chi connectivity index (χ1) is 10.1. The third-order valence-corrected chi connectivity index (χ3v) is 5.77. The van der Waals surface area contributed by atoms with Gasteiger partial charge in [0, 0.05) is 11.8 Å². The Morgan fingerprint density at radius 2 is 2.38 bits per heavy atom. The van der Waals surface area contributed by atoms with E-state index in [9.17, 15) is 14.7 Å². The molecule has 1 atom stereocenters. The molecule has 1 aliphatic carbocycles. The Balaban J connectivity index is 1.56. The van der Waals surface area contributed by atoms with Gasteiger partial charge in [-0.2, -0.15) is 11.8 Å². The first-order valence-electron chi connectivity index (χ1n) is 6.75. The highest BCUT2D eigenvalue weighted by molar-refractivity contribution is 8.00. The number of hydrogen-bond donors (Lipinski definition) is 2. The first-order valence-corrected chi connectivity index (χ1v) is 8.89. The molecule has 9 heteroatoms. The summed E-state index contributed by atoms with van der Waals surface area (Å²) >= 11 is 2.85. The van der Waals surface area contributed by atoms with E-state index < -0.39 is 11.5 Å². The summed E-state index contributed by atoms with van der Waals surface area (Å²) in [6, 6.07) is 0.460. The van der Waals surface area contributed by atoms with Crippen LogP contribution in [0.25, 0.3) is 0 Å². The molecule has 2 heterocycles. The van der Waals surface area contributed by atoms with Crippen molar-refractivity contribution in [2.45, 2.75) is 36.0 Å². The Labute approximate surface area is 130 Å². The van der Waals surface area contributed by atoms with Crippen LogP contribution in [-0.4, -0.2) is 54.5 Å². The maximum atomic E-state index is 12.0. The van der Waals surface area contributed by atoms with Crippen molar-refractivity contribution in [1.29, 1.82) is 0 Å². The number of hydrogen-bond acceptors (Lipinski definition) is 6. The number of amides is 1. The van der Waals surface area contributed by atoms with Crippen LogP contribution in [0, 0.1) is 0 Å². The van der Waals surface area contributed by atoms with Crippen molar-refractivity contribution >= 4 is 35.4 Å². The summed E-state index contributed by atoms with van der Waals surface area (Å²) in [5, 5.41) is 20.6. The smallest absolute Gasteiger partial charge is 0.330 e. The van der Waals surface area contributed by atoms with E-state index in [0.29, 0.717) is 18.2 Å². The van der Waals surface area contributed by atoms with Crippen molar-refractivity contribution in [2.24, 2.45) is 0 Å². The molecule has 7 nitrogen and oxygen atoms in total. The van der Waals surface area contributed by atoms with E-state index in [0.717, 1.165) is 23.8 Å². The van der Waals surface area contributed by atoms with E-state index in [-0.39, 0.29) is 11.7 Å². The fourth-order valence-electron chi connectivity index (χ4n) is 2.26.